The summed E-state index contributed by atoms with van der Waals surface area (Å²) < 4.78 is 53.3. The maximum Gasteiger partial charge on any atom is 0.416 e. The molecule has 10 heteroatoms. The second-order valence-corrected chi connectivity index (χ2v) is 10.2. The Bertz CT molecular complexity index is 1460. The van der Waals surface area contributed by atoms with Crippen LogP contribution in [0.3, 0.4) is 0 Å². The highest BCUT2D eigenvalue weighted by molar-refractivity contribution is 7.80. The lowest BCUT2D eigenvalue weighted by molar-refractivity contribution is -0.137. The quantitative estimate of drug-likeness (QED) is 0.350. The van der Waals surface area contributed by atoms with Crippen molar-refractivity contribution in [1.82, 2.24) is 5.32 Å². The van der Waals surface area contributed by atoms with Crippen LogP contribution in [0.25, 0.3) is 0 Å². The molecule has 0 aliphatic carbocycles. The fourth-order valence-electron chi connectivity index (χ4n) is 5.41. The molecule has 1 amide bonds. The van der Waals surface area contributed by atoms with Crippen LogP contribution in [0.5, 0.6) is 11.5 Å². The Balaban J connectivity index is 1.66. The van der Waals surface area contributed by atoms with Crippen LogP contribution in [0.15, 0.2) is 60.7 Å². The largest absolute Gasteiger partial charge is 0.490 e. The molecule has 5 rings (SSSR count). The van der Waals surface area contributed by atoms with Gasteiger partial charge in [0, 0.05) is 16.9 Å². The van der Waals surface area contributed by atoms with E-state index in [1.165, 1.54) is 17.0 Å². The van der Waals surface area contributed by atoms with Gasteiger partial charge in [-0.1, -0.05) is 35.9 Å². The average Bonchev–Trinajstić information content (AvgIpc) is 2.85. The fourth-order valence-corrected chi connectivity index (χ4v) is 5.83. The number of carbonyl (C=O) groups excluding carboxylic acids is 1. The average molecular weight is 556 g/mol. The van der Waals surface area contributed by atoms with E-state index < -0.39 is 29.4 Å². The monoisotopic (exact) mass is 555 g/mol. The molecule has 1 fully saturated rings. The third-order valence-electron chi connectivity index (χ3n) is 7.14. The summed E-state index contributed by atoms with van der Waals surface area (Å²) in [5.41, 5.74) is 1.05. The summed E-state index contributed by atoms with van der Waals surface area (Å²) in [5.74, 6) is -0.398. The summed E-state index contributed by atoms with van der Waals surface area (Å²) in [7, 11) is 0. The number of rotatable bonds is 5. The summed E-state index contributed by atoms with van der Waals surface area (Å²) >= 11 is 5.68. The predicted molar refractivity (Wildman–Crippen MR) is 147 cm³/mol. The van der Waals surface area contributed by atoms with Crippen LogP contribution >= 0.6 is 12.2 Å². The van der Waals surface area contributed by atoms with Crippen LogP contribution < -0.4 is 25.0 Å². The number of nitrogens with one attached hydrogen (secondary N) is 2. The number of halogens is 3. The number of thiocarbonyl (C=S) groups is 1. The third kappa shape index (κ3) is 4.67. The van der Waals surface area contributed by atoms with Crippen LogP contribution in [0.4, 0.5) is 24.5 Å². The maximum atomic E-state index is 14.0. The first-order chi connectivity index (χ1) is 18.4. The first-order valence-corrected chi connectivity index (χ1v) is 13.0. The lowest BCUT2D eigenvalue weighted by Crippen LogP contribution is -2.72. The normalized spacial score (nSPS) is 21.9. The molecule has 3 aromatic carbocycles. The standard InChI is InChI=1S/C29H28F3N3O3S/c1-5-37-22-11-7-10-20-24-23(26(36)33-21-13-12-16(2)14-17(21)3)28(4,38-25(20)22)35(27(39)34-24)19-9-6-8-18(15-19)29(30,31)32/h6-15,23-24H,5H2,1-4H3,(H,33,36)(H,34,39). The molecule has 0 saturated carbocycles. The second-order valence-electron chi connectivity index (χ2n) is 9.86. The number of fused-ring (bicyclic) bond motifs is 4. The predicted octanol–water partition coefficient (Wildman–Crippen LogP) is 6.52. The lowest BCUT2D eigenvalue weighted by atomic mass is 9.78. The van der Waals surface area contributed by atoms with E-state index in [4.69, 9.17) is 21.7 Å². The van der Waals surface area contributed by atoms with E-state index in [0.717, 1.165) is 23.3 Å². The van der Waals surface area contributed by atoms with Gasteiger partial charge in [0.15, 0.2) is 22.3 Å². The molecule has 0 radical (unpaired) electrons. The molecule has 2 bridgehead atoms. The van der Waals surface area contributed by atoms with Gasteiger partial charge >= 0.3 is 6.18 Å². The summed E-state index contributed by atoms with van der Waals surface area (Å²) in [6.45, 7) is 7.75. The Labute approximate surface area is 230 Å². The molecule has 39 heavy (non-hydrogen) atoms. The van der Waals surface area contributed by atoms with Crippen molar-refractivity contribution in [2.45, 2.75) is 45.6 Å². The zero-order chi connectivity index (χ0) is 28.1. The van der Waals surface area contributed by atoms with Crippen LogP contribution in [0, 0.1) is 19.8 Å². The van der Waals surface area contributed by atoms with Crippen LogP contribution in [-0.4, -0.2) is 23.4 Å². The van der Waals surface area contributed by atoms with Crippen molar-refractivity contribution in [2.75, 3.05) is 16.8 Å². The Morgan fingerprint density at radius 1 is 1.15 bits per heavy atom. The Hall–Kier alpha value is -3.79. The number of ether oxygens (including phenoxy) is 2. The van der Waals surface area contributed by atoms with Crippen LogP contribution in [0.2, 0.25) is 0 Å². The van der Waals surface area contributed by atoms with Gasteiger partial charge in [-0.2, -0.15) is 13.2 Å². The molecule has 3 atom stereocenters. The molecule has 2 aliphatic heterocycles. The molecule has 2 aliphatic rings. The molecule has 3 aromatic rings. The SMILES string of the molecule is CCOc1cccc2c1OC1(C)C(C(=O)Nc3ccc(C)cc3C)C2NC(=S)N1c1cccc(C(F)(F)F)c1. The minimum absolute atomic E-state index is 0.143. The van der Waals surface area contributed by atoms with Crippen molar-refractivity contribution in [2.24, 2.45) is 5.92 Å². The third-order valence-corrected chi connectivity index (χ3v) is 7.44. The van der Waals surface area contributed by atoms with Crippen LogP contribution in [0.1, 0.15) is 42.1 Å². The van der Waals surface area contributed by atoms with Crippen molar-refractivity contribution in [3.8, 4) is 11.5 Å². The van der Waals surface area contributed by atoms with Gasteiger partial charge in [-0.15, -0.1) is 0 Å². The van der Waals surface area contributed by atoms with Crippen molar-refractivity contribution in [3.63, 3.8) is 0 Å². The zero-order valence-electron chi connectivity index (χ0n) is 21.8. The van der Waals surface area contributed by atoms with E-state index in [1.54, 1.807) is 19.1 Å². The maximum absolute atomic E-state index is 14.0. The van der Waals surface area contributed by atoms with E-state index in [1.807, 2.05) is 45.0 Å². The number of para-hydroxylation sites is 1. The van der Waals surface area contributed by atoms with E-state index in [-0.39, 0.29) is 16.7 Å². The van der Waals surface area contributed by atoms with Gasteiger partial charge in [0.25, 0.3) is 0 Å². The topological polar surface area (TPSA) is 62.8 Å². The minimum atomic E-state index is -4.56. The number of anilines is 2. The molecule has 1 saturated heterocycles. The highest BCUT2D eigenvalue weighted by Gasteiger charge is 2.59. The number of amides is 1. The lowest BCUT2D eigenvalue weighted by Gasteiger charge is -2.56. The van der Waals surface area contributed by atoms with Crippen molar-refractivity contribution in [3.05, 3.63) is 82.9 Å². The summed E-state index contributed by atoms with van der Waals surface area (Å²) in [6, 6.07) is 15.3. The number of hydrogen-bond donors (Lipinski definition) is 2. The van der Waals surface area contributed by atoms with Crippen LogP contribution in [-0.2, 0) is 11.0 Å². The Morgan fingerprint density at radius 2 is 1.90 bits per heavy atom. The Morgan fingerprint density at radius 3 is 2.59 bits per heavy atom. The van der Waals surface area contributed by atoms with Gasteiger partial charge in [0.1, 0.15) is 5.92 Å². The van der Waals surface area contributed by atoms with Gasteiger partial charge in [-0.05, 0) is 75.8 Å². The van der Waals surface area contributed by atoms with Gasteiger partial charge in [-0.3, -0.25) is 9.69 Å². The first kappa shape index (κ1) is 26.8. The highest BCUT2D eigenvalue weighted by Crippen LogP contribution is 2.53. The Kier molecular flexibility index (Phi) is 6.70. The number of aryl methyl sites for hydroxylation is 2. The molecular formula is C29H28F3N3O3S. The molecule has 6 nitrogen and oxygen atoms in total. The van der Waals surface area contributed by atoms with E-state index in [9.17, 15) is 18.0 Å². The highest BCUT2D eigenvalue weighted by atomic mass is 32.1. The van der Waals surface area contributed by atoms with E-state index in [2.05, 4.69) is 10.6 Å². The molecule has 2 N–H and O–H groups in total. The molecule has 0 spiro atoms. The molecule has 0 aromatic heterocycles. The van der Waals surface area contributed by atoms with Gasteiger partial charge in [-0.25, -0.2) is 0 Å². The molecule has 3 unspecified atom stereocenters. The van der Waals surface area contributed by atoms with Gasteiger partial charge in [0.2, 0.25) is 5.91 Å². The van der Waals surface area contributed by atoms with Crippen molar-refractivity contribution in [1.29, 1.82) is 0 Å². The summed E-state index contributed by atoms with van der Waals surface area (Å²) in [4.78, 5) is 15.5. The first-order valence-electron chi connectivity index (χ1n) is 12.5. The van der Waals surface area contributed by atoms with Gasteiger partial charge < -0.3 is 20.1 Å². The van der Waals surface area contributed by atoms with E-state index in [0.29, 0.717) is 29.4 Å². The van der Waals surface area contributed by atoms with Crippen molar-refractivity contribution >= 4 is 34.6 Å². The summed E-state index contributed by atoms with van der Waals surface area (Å²) in [6.07, 6.45) is -4.56. The number of hydrogen-bond acceptors (Lipinski definition) is 4. The fraction of sp³-hybridized carbons (Fsp3) is 0.310. The number of nitrogens with zero attached hydrogens (tertiary/aromatic N) is 1. The molecule has 204 valence electrons. The minimum Gasteiger partial charge on any atom is -0.490 e. The number of benzene rings is 3. The molecular weight excluding hydrogens is 527 g/mol. The summed E-state index contributed by atoms with van der Waals surface area (Å²) in [5, 5.41) is 6.38. The zero-order valence-corrected chi connectivity index (χ0v) is 22.7. The number of alkyl halides is 3. The molecule has 2 heterocycles. The van der Waals surface area contributed by atoms with Crippen molar-refractivity contribution < 1.29 is 27.4 Å². The smallest absolute Gasteiger partial charge is 0.416 e. The van der Waals surface area contributed by atoms with E-state index >= 15 is 0 Å². The second kappa shape index (κ2) is 9.75. The number of carbonyl (C=O) groups is 1. The van der Waals surface area contributed by atoms with Gasteiger partial charge in [0.05, 0.1) is 18.2 Å².